The summed E-state index contributed by atoms with van der Waals surface area (Å²) in [6.45, 7) is 1.68. The number of fused-ring (bicyclic) bond motifs is 1. The molecule has 1 aromatic heterocycles. The number of rotatable bonds is 3. The lowest BCUT2D eigenvalue weighted by Crippen LogP contribution is -2.36. The lowest BCUT2D eigenvalue weighted by atomic mass is 9.94. The first-order valence-corrected chi connectivity index (χ1v) is 6.90. The summed E-state index contributed by atoms with van der Waals surface area (Å²) in [5, 5.41) is 9.98. The molecule has 2 aromatic rings. The van der Waals surface area contributed by atoms with Gasteiger partial charge in [-0.1, -0.05) is 12.1 Å². The van der Waals surface area contributed by atoms with Gasteiger partial charge in [0.2, 0.25) is 0 Å². The van der Waals surface area contributed by atoms with Crippen LogP contribution in [0.15, 0.2) is 30.6 Å². The molecular weight excluding hydrogens is 254 g/mol. The third kappa shape index (κ3) is 2.57. The summed E-state index contributed by atoms with van der Waals surface area (Å²) < 4.78 is 0. The van der Waals surface area contributed by atoms with Crippen molar-refractivity contribution in [2.45, 2.75) is 19.3 Å². The topological polar surface area (TPSA) is 66.3 Å². The van der Waals surface area contributed by atoms with Crippen LogP contribution in [0.25, 0.3) is 10.9 Å². The van der Waals surface area contributed by atoms with E-state index in [1.807, 2.05) is 24.3 Å². The van der Waals surface area contributed by atoms with E-state index in [0.29, 0.717) is 0 Å². The molecule has 0 bridgehead atoms. The van der Waals surface area contributed by atoms with Gasteiger partial charge in [-0.3, -0.25) is 4.79 Å². The van der Waals surface area contributed by atoms with Crippen molar-refractivity contribution in [3.8, 4) is 0 Å². The molecule has 0 spiro atoms. The van der Waals surface area contributed by atoms with Crippen LogP contribution < -0.4 is 4.90 Å². The normalized spacial score (nSPS) is 19.2. The maximum Gasteiger partial charge on any atom is 0.303 e. The number of para-hydroxylation sites is 1. The van der Waals surface area contributed by atoms with E-state index in [0.717, 1.165) is 42.7 Å². The molecular formula is C15H17N3O2. The van der Waals surface area contributed by atoms with Gasteiger partial charge in [0.15, 0.2) is 0 Å². The first kappa shape index (κ1) is 12.8. The first-order valence-electron chi connectivity index (χ1n) is 6.90. The molecule has 1 aliphatic rings. The smallest absolute Gasteiger partial charge is 0.303 e. The van der Waals surface area contributed by atoms with Gasteiger partial charge in [-0.05, 0) is 30.9 Å². The SMILES string of the molecule is O=C(O)CC1CCCN(c2ncnc3ccccc23)C1. The highest BCUT2D eigenvalue weighted by molar-refractivity contribution is 5.89. The molecule has 2 heterocycles. The van der Waals surface area contributed by atoms with Crippen LogP contribution >= 0.6 is 0 Å². The second-order valence-corrected chi connectivity index (χ2v) is 5.27. The largest absolute Gasteiger partial charge is 0.481 e. The Hall–Kier alpha value is -2.17. The lowest BCUT2D eigenvalue weighted by molar-refractivity contribution is -0.138. The Morgan fingerprint density at radius 3 is 3.05 bits per heavy atom. The molecule has 1 atom stereocenters. The predicted octanol–water partition coefficient (Wildman–Crippen LogP) is 2.32. The second-order valence-electron chi connectivity index (χ2n) is 5.27. The number of carboxylic acid groups (broad SMARTS) is 1. The first-order chi connectivity index (χ1) is 9.74. The second kappa shape index (κ2) is 5.45. The summed E-state index contributed by atoms with van der Waals surface area (Å²) in [4.78, 5) is 21.8. The fraction of sp³-hybridized carbons (Fsp3) is 0.400. The highest BCUT2D eigenvalue weighted by atomic mass is 16.4. The number of hydrogen-bond acceptors (Lipinski definition) is 4. The molecule has 5 nitrogen and oxygen atoms in total. The molecule has 1 fully saturated rings. The minimum absolute atomic E-state index is 0.204. The van der Waals surface area contributed by atoms with E-state index in [1.54, 1.807) is 6.33 Å². The van der Waals surface area contributed by atoms with Crippen molar-refractivity contribution in [1.82, 2.24) is 9.97 Å². The summed E-state index contributed by atoms with van der Waals surface area (Å²) >= 11 is 0. The standard InChI is InChI=1S/C15H17N3O2/c19-14(20)8-11-4-3-7-18(9-11)15-12-5-1-2-6-13(12)16-10-17-15/h1-2,5-6,10-11H,3-4,7-9H2,(H,19,20). The number of carboxylic acids is 1. The van der Waals surface area contributed by atoms with Crippen molar-refractivity contribution in [3.05, 3.63) is 30.6 Å². The fourth-order valence-corrected chi connectivity index (χ4v) is 2.91. The Kier molecular flexibility index (Phi) is 3.50. The molecule has 1 aromatic carbocycles. The van der Waals surface area contributed by atoms with Crippen molar-refractivity contribution in [1.29, 1.82) is 0 Å². The molecule has 1 saturated heterocycles. The number of hydrogen-bond donors (Lipinski definition) is 1. The zero-order chi connectivity index (χ0) is 13.9. The Labute approximate surface area is 117 Å². The number of benzene rings is 1. The summed E-state index contributed by atoms with van der Waals surface area (Å²) in [5.74, 6) is 0.407. The van der Waals surface area contributed by atoms with Crippen LogP contribution in [0.2, 0.25) is 0 Å². The van der Waals surface area contributed by atoms with Gasteiger partial charge in [0.05, 0.1) is 5.52 Å². The summed E-state index contributed by atoms with van der Waals surface area (Å²) in [6.07, 6.45) is 3.81. The zero-order valence-electron chi connectivity index (χ0n) is 11.2. The van der Waals surface area contributed by atoms with Crippen molar-refractivity contribution >= 4 is 22.7 Å². The van der Waals surface area contributed by atoms with E-state index >= 15 is 0 Å². The maximum absolute atomic E-state index is 10.9. The van der Waals surface area contributed by atoms with Crippen LogP contribution in [-0.2, 0) is 4.79 Å². The minimum Gasteiger partial charge on any atom is -0.481 e. The Bertz CT molecular complexity index is 624. The van der Waals surface area contributed by atoms with Crippen LogP contribution in [0, 0.1) is 5.92 Å². The van der Waals surface area contributed by atoms with Crippen molar-refractivity contribution in [2.75, 3.05) is 18.0 Å². The molecule has 1 N–H and O–H groups in total. The molecule has 104 valence electrons. The summed E-state index contributed by atoms with van der Waals surface area (Å²) in [5.41, 5.74) is 0.929. The van der Waals surface area contributed by atoms with Crippen LogP contribution in [0.4, 0.5) is 5.82 Å². The Morgan fingerprint density at radius 2 is 2.20 bits per heavy atom. The van der Waals surface area contributed by atoms with E-state index in [9.17, 15) is 4.79 Å². The van der Waals surface area contributed by atoms with Crippen LogP contribution in [0.5, 0.6) is 0 Å². The highest BCUT2D eigenvalue weighted by Crippen LogP contribution is 2.28. The van der Waals surface area contributed by atoms with Crippen LogP contribution in [0.3, 0.4) is 0 Å². The van der Waals surface area contributed by atoms with Crippen molar-refractivity contribution in [2.24, 2.45) is 5.92 Å². The fourth-order valence-electron chi connectivity index (χ4n) is 2.91. The van der Waals surface area contributed by atoms with Gasteiger partial charge < -0.3 is 10.0 Å². The van der Waals surface area contributed by atoms with Crippen molar-refractivity contribution < 1.29 is 9.90 Å². The molecule has 1 unspecified atom stereocenters. The maximum atomic E-state index is 10.9. The monoisotopic (exact) mass is 271 g/mol. The van der Waals surface area contributed by atoms with Crippen molar-refractivity contribution in [3.63, 3.8) is 0 Å². The lowest BCUT2D eigenvalue weighted by Gasteiger charge is -2.33. The van der Waals surface area contributed by atoms with E-state index in [1.165, 1.54) is 0 Å². The summed E-state index contributed by atoms with van der Waals surface area (Å²) in [6, 6.07) is 7.93. The van der Waals surface area contributed by atoms with E-state index in [2.05, 4.69) is 14.9 Å². The third-order valence-corrected chi connectivity index (χ3v) is 3.80. The molecule has 0 saturated carbocycles. The van der Waals surface area contributed by atoms with Gasteiger partial charge in [-0.15, -0.1) is 0 Å². The van der Waals surface area contributed by atoms with Gasteiger partial charge in [0.25, 0.3) is 0 Å². The average molecular weight is 271 g/mol. The molecule has 5 heteroatoms. The molecule has 0 aliphatic carbocycles. The molecule has 1 aliphatic heterocycles. The Morgan fingerprint density at radius 1 is 1.35 bits per heavy atom. The average Bonchev–Trinajstić information content (AvgIpc) is 2.46. The van der Waals surface area contributed by atoms with Crippen LogP contribution in [0.1, 0.15) is 19.3 Å². The molecule has 3 rings (SSSR count). The molecule has 20 heavy (non-hydrogen) atoms. The number of piperidine rings is 1. The number of nitrogens with zero attached hydrogens (tertiary/aromatic N) is 3. The quantitative estimate of drug-likeness (QED) is 0.928. The Balaban J connectivity index is 1.88. The van der Waals surface area contributed by atoms with E-state index in [4.69, 9.17) is 5.11 Å². The number of anilines is 1. The van der Waals surface area contributed by atoms with E-state index in [-0.39, 0.29) is 12.3 Å². The van der Waals surface area contributed by atoms with Gasteiger partial charge in [-0.2, -0.15) is 0 Å². The highest BCUT2D eigenvalue weighted by Gasteiger charge is 2.23. The minimum atomic E-state index is -0.718. The summed E-state index contributed by atoms with van der Waals surface area (Å²) in [7, 11) is 0. The van der Waals surface area contributed by atoms with Gasteiger partial charge in [-0.25, -0.2) is 9.97 Å². The van der Waals surface area contributed by atoms with Gasteiger partial charge in [0.1, 0.15) is 12.1 Å². The van der Waals surface area contributed by atoms with Gasteiger partial charge >= 0.3 is 5.97 Å². The molecule has 0 radical (unpaired) electrons. The zero-order valence-corrected chi connectivity index (χ0v) is 11.2. The van der Waals surface area contributed by atoms with Gasteiger partial charge in [0, 0.05) is 24.9 Å². The predicted molar refractivity (Wildman–Crippen MR) is 76.7 cm³/mol. The molecule has 0 amide bonds. The third-order valence-electron chi connectivity index (χ3n) is 3.80. The number of aromatic nitrogens is 2. The van der Waals surface area contributed by atoms with Crippen LogP contribution in [-0.4, -0.2) is 34.1 Å². The number of carbonyl (C=O) groups is 1. The van der Waals surface area contributed by atoms with E-state index < -0.39 is 5.97 Å². The number of aliphatic carboxylic acids is 1.